The van der Waals surface area contributed by atoms with Gasteiger partial charge in [-0.2, -0.15) is 0 Å². The van der Waals surface area contributed by atoms with Gasteiger partial charge < -0.3 is 9.47 Å². The molecule has 1 aromatic carbocycles. The normalized spacial score (nSPS) is 10.7. The Balaban J connectivity index is 1.87. The molecule has 0 N–H and O–H groups in total. The number of carbonyl (C=O) groups excluding carboxylic acids is 2. The Morgan fingerprint density at radius 2 is 1.38 bits per heavy atom. The molecule has 0 aromatic heterocycles. The van der Waals surface area contributed by atoms with Gasteiger partial charge in [-0.1, -0.05) is 70.4 Å². The van der Waals surface area contributed by atoms with Crippen LogP contribution in [0, 0.1) is 3.57 Å². The molecule has 0 saturated carbocycles. The van der Waals surface area contributed by atoms with Crippen molar-refractivity contribution in [3.8, 4) is 0 Å². The van der Waals surface area contributed by atoms with E-state index in [-0.39, 0.29) is 11.9 Å². The predicted molar refractivity (Wildman–Crippen MR) is 126 cm³/mol. The highest BCUT2D eigenvalue weighted by atomic mass is 127. The van der Waals surface area contributed by atoms with Crippen LogP contribution in [0.15, 0.2) is 24.3 Å². The van der Waals surface area contributed by atoms with Crippen molar-refractivity contribution in [3.05, 3.63) is 33.4 Å². The molecule has 0 aliphatic carbocycles. The molecule has 0 saturated heterocycles. The molecule has 29 heavy (non-hydrogen) atoms. The molecule has 0 unspecified atom stereocenters. The van der Waals surface area contributed by atoms with E-state index in [0.29, 0.717) is 26.1 Å². The summed E-state index contributed by atoms with van der Waals surface area (Å²) in [5.41, 5.74) is 1.03. The molecule has 0 heterocycles. The number of halogens is 1. The topological polar surface area (TPSA) is 52.6 Å². The van der Waals surface area contributed by atoms with Gasteiger partial charge in [-0.25, -0.2) is 0 Å². The van der Waals surface area contributed by atoms with Gasteiger partial charge in [0.2, 0.25) is 0 Å². The average Bonchev–Trinajstić information content (AvgIpc) is 2.71. The number of esters is 2. The number of rotatable bonds is 17. The highest BCUT2D eigenvalue weighted by Gasteiger charge is 2.05. The first-order valence-electron chi connectivity index (χ1n) is 11.2. The number of carbonyl (C=O) groups is 2. The second-order valence-electron chi connectivity index (χ2n) is 7.55. The van der Waals surface area contributed by atoms with Crippen molar-refractivity contribution in [1.82, 2.24) is 0 Å². The third kappa shape index (κ3) is 15.4. The van der Waals surface area contributed by atoms with Gasteiger partial charge in [0.1, 0.15) is 6.61 Å². The fraction of sp³-hybridized carbons (Fsp3) is 0.667. The minimum absolute atomic E-state index is 0.0589. The Kier molecular flexibility index (Phi) is 15.8. The summed E-state index contributed by atoms with van der Waals surface area (Å²) in [5, 5.41) is 0. The molecule has 4 nitrogen and oxygen atoms in total. The molecule has 1 aromatic rings. The quantitative estimate of drug-likeness (QED) is 0.128. The molecule has 0 atom stereocenters. The van der Waals surface area contributed by atoms with Crippen LogP contribution in [-0.4, -0.2) is 18.5 Å². The van der Waals surface area contributed by atoms with Gasteiger partial charge in [0.15, 0.2) is 0 Å². The van der Waals surface area contributed by atoms with Crippen molar-refractivity contribution >= 4 is 34.5 Å². The van der Waals surface area contributed by atoms with E-state index in [1.807, 2.05) is 24.3 Å². The second-order valence-corrected chi connectivity index (χ2v) is 8.79. The van der Waals surface area contributed by atoms with Crippen molar-refractivity contribution in [2.75, 3.05) is 6.61 Å². The van der Waals surface area contributed by atoms with E-state index in [0.717, 1.165) is 60.5 Å². The molecule has 0 aliphatic heterocycles. The molecular weight excluding hydrogens is 479 g/mol. The van der Waals surface area contributed by atoms with Crippen molar-refractivity contribution in [3.63, 3.8) is 0 Å². The number of hydrogen-bond acceptors (Lipinski definition) is 4. The molecule has 0 amide bonds. The maximum atomic E-state index is 11.8. The Hall–Kier alpha value is -1.11. The molecular formula is C24H37IO4. The Bertz CT molecular complexity index is 574. The lowest BCUT2D eigenvalue weighted by atomic mass is 10.1. The third-order valence-corrected chi connectivity index (χ3v) is 5.48. The summed E-state index contributed by atoms with van der Waals surface area (Å²) in [6.45, 7) is 3.12. The maximum absolute atomic E-state index is 11.8. The fourth-order valence-electron chi connectivity index (χ4n) is 3.07. The smallest absolute Gasteiger partial charge is 0.306 e. The molecule has 0 bridgehead atoms. The molecule has 0 fully saturated rings. The van der Waals surface area contributed by atoms with Crippen LogP contribution in [0.5, 0.6) is 0 Å². The van der Waals surface area contributed by atoms with Crippen LogP contribution in [0.2, 0.25) is 0 Å². The fourth-order valence-corrected chi connectivity index (χ4v) is 3.68. The first kappa shape index (κ1) is 25.9. The van der Waals surface area contributed by atoms with Crippen LogP contribution >= 0.6 is 22.6 Å². The van der Waals surface area contributed by atoms with Crippen LogP contribution in [0.1, 0.15) is 96.0 Å². The number of hydrogen-bond donors (Lipinski definition) is 0. The van der Waals surface area contributed by atoms with Gasteiger partial charge in [0.05, 0.1) is 6.61 Å². The van der Waals surface area contributed by atoms with Crippen molar-refractivity contribution in [2.45, 2.75) is 97.0 Å². The summed E-state index contributed by atoms with van der Waals surface area (Å²) in [6, 6.07) is 7.99. The Morgan fingerprint density at radius 3 is 2.03 bits per heavy atom. The van der Waals surface area contributed by atoms with Crippen LogP contribution in [0.3, 0.4) is 0 Å². The van der Waals surface area contributed by atoms with E-state index < -0.39 is 0 Å². The van der Waals surface area contributed by atoms with E-state index in [1.165, 1.54) is 19.3 Å². The van der Waals surface area contributed by atoms with Gasteiger partial charge >= 0.3 is 11.9 Å². The molecule has 5 heteroatoms. The summed E-state index contributed by atoms with van der Waals surface area (Å²) in [7, 11) is 0. The summed E-state index contributed by atoms with van der Waals surface area (Å²) in [5.74, 6) is -0.183. The Morgan fingerprint density at radius 1 is 0.793 bits per heavy atom. The number of benzene rings is 1. The largest absolute Gasteiger partial charge is 0.466 e. The minimum Gasteiger partial charge on any atom is -0.466 e. The van der Waals surface area contributed by atoms with Crippen LogP contribution in [0.25, 0.3) is 0 Å². The minimum atomic E-state index is -0.124. The molecule has 1 rings (SSSR count). The van der Waals surface area contributed by atoms with E-state index >= 15 is 0 Å². The third-order valence-electron chi connectivity index (χ3n) is 4.81. The van der Waals surface area contributed by atoms with E-state index in [2.05, 4.69) is 29.5 Å². The lowest BCUT2D eigenvalue weighted by molar-refractivity contribution is -0.145. The predicted octanol–water partition coefficient (Wildman–Crippen LogP) is 6.97. The van der Waals surface area contributed by atoms with Crippen molar-refractivity contribution in [1.29, 1.82) is 0 Å². The first-order valence-corrected chi connectivity index (χ1v) is 12.3. The second kappa shape index (κ2) is 17.7. The molecule has 0 spiro atoms. The summed E-state index contributed by atoms with van der Waals surface area (Å²) < 4.78 is 11.7. The summed E-state index contributed by atoms with van der Waals surface area (Å²) in [6.07, 6.45) is 12.9. The number of ether oxygens (including phenoxy) is 2. The zero-order chi connectivity index (χ0) is 21.2. The van der Waals surface area contributed by atoms with Gasteiger partial charge in [-0.15, -0.1) is 0 Å². The summed E-state index contributed by atoms with van der Waals surface area (Å²) in [4.78, 5) is 23.4. The summed E-state index contributed by atoms with van der Waals surface area (Å²) >= 11 is 2.25. The van der Waals surface area contributed by atoms with Crippen molar-refractivity contribution in [2.24, 2.45) is 0 Å². The molecule has 0 aliphatic rings. The SMILES string of the molecule is CCCCCCCOC(=O)CCCCCCCCC(=O)OCc1cccc(I)c1. The van der Waals surface area contributed by atoms with Gasteiger partial charge in [0, 0.05) is 16.4 Å². The zero-order valence-corrected chi connectivity index (χ0v) is 20.1. The van der Waals surface area contributed by atoms with Gasteiger partial charge in [0.25, 0.3) is 0 Å². The van der Waals surface area contributed by atoms with Crippen molar-refractivity contribution < 1.29 is 19.1 Å². The van der Waals surface area contributed by atoms with E-state index in [1.54, 1.807) is 0 Å². The maximum Gasteiger partial charge on any atom is 0.306 e. The first-order chi connectivity index (χ1) is 14.1. The average molecular weight is 516 g/mol. The highest BCUT2D eigenvalue weighted by Crippen LogP contribution is 2.12. The zero-order valence-electron chi connectivity index (χ0n) is 17.9. The highest BCUT2D eigenvalue weighted by molar-refractivity contribution is 14.1. The van der Waals surface area contributed by atoms with E-state index in [9.17, 15) is 9.59 Å². The standard InChI is InChI=1S/C24H37IO4/c1-2-3-4-9-12-18-28-23(26)16-10-7-5-6-8-11-17-24(27)29-20-21-14-13-15-22(25)19-21/h13-15,19H,2-12,16-18,20H2,1H3. The van der Waals surface area contributed by atoms with E-state index in [4.69, 9.17) is 9.47 Å². The Labute approximate surface area is 190 Å². The number of unbranched alkanes of at least 4 members (excludes halogenated alkanes) is 9. The lowest BCUT2D eigenvalue weighted by Gasteiger charge is -2.06. The lowest BCUT2D eigenvalue weighted by Crippen LogP contribution is -2.05. The van der Waals surface area contributed by atoms with Crippen LogP contribution < -0.4 is 0 Å². The molecule has 164 valence electrons. The van der Waals surface area contributed by atoms with Gasteiger partial charge in [-0.05, 0) is 59.5 Å². The molecule has 0 radical (unpaired) electrons. The monoisotopic (exact) mass is 516 g/mol. The van der Waals surface area contributed by atoms with Crippen LogP contribution in [-0.2, 0) is 25.7 Å². The van der Waals surface area contributed by atoms with Gasteiger partial charge in [-0.3, -0.25) is 9.59 Å². The van der Waals surface area contributed by atoms with Crippen LogP contribution in [0.4, 0.5) is 0 Å².